The van der Waals surface area contributed by atoms with E-state index in [0.29, 0.717) is 5.02 Å². The number of nitrogens with one attached hydrogen (secondary N) is 2. The summed E-state index contributed by atoms with van der Waals surface area (Å²) in [4.78, 5) is 12.6. The quantitative estimate of drug-likeness (QED) is 0.891. The number of hydrogen-bond donors (Lipinski definition) is 2. The fraction of sp³-hybridized carbons (Fsp3) is 0.533. The Morgan fingerprint density at radius 1 is 1.42 bits per heavy atom. The van der Waals surface area contributed by atoms with E-state index in [-0.39, 0.29) is 11.3 Å². The van der Waals surface area contributed by atoms with E-state index in [2.05, 4.69) is 17.6 Å². The zero-order valence-electron chi connectivity index (χ0n) is 11.6. The minimum absolute atomic E-state index is 0.104. The summed E-state index contributed by atoms with van der Waals surface area (Å²) in [5.41, 5.74) is 1.50. The van der Waals surface area contributed by atoms with Gasteiger partial charge in [-0.15, -0.1) is 0 Å². The molecule has 3 nitrogen and oxygen atoms in total. The first-order valence-electron chi connectivity index (χ1n) is 6.86. The summed E-state index contributed by atoms with van der Waals surface area (Å²) in [6, 6.07) is 5.67. The number of carbonyl (C=O) groups is 1. The Bertz CT molecular complexity index is 447. The molecule has 2 N–H and O–H groups in total. The van der Waals surface area contributed by atoms with Crippen LogP contribution in [0.2, 0.25) is 5.02 Å². The van der Waals surface area contributed by atoms with Gasteiger partial charge in [-0.3, -0.25) is 4.79 Å². The lowest BCUT2D eigenvalue weighted by Crippen LogP contribution is -2.44. The highest BCUT2D eigenvalue weighted by atomic mass is 35.5. The maximum Gasteiger partial charge on any atom is 0.230 e. The Morgan fingerprint density at radius 3 is 2.68 bits per heavy atom. The number of rotatable bonds is 3. The second kappa shape index (κ2) is 5.93. The molecule has 1 aliphatic rings. The average molecular weight is 281 g/mol. The van der Waals surface area contributed by atoms with Crippen LogP contribution < -0.4 is 10.6 Å². The Labute approximate surface area is 119 Å². The first-order chi connectivity index (χ1) is 9.09. The van der Waals surface area contributed by atoms with Gasteiger partial charge < -0.3 is 10.6 Å². The molecule has 0 bridgehead atoms. The van der Waals surface area contributed by atoms with Gasteiger partial charge in [0, 0.05) is 0 Å². The van der Waals surface area contributed by atoms with Crippen molar-refractivity contribution in [1.29, 1.82) is 0 Å². The fourth-order valence-corrected chi connectivity index (χ4v) is 2.95. The summed E-state index contributed by atoms with van der Waals surface area (Å²) in [6.45, 7) is 5.86. The minimum atomic E-state index is -0.253. The number of para-hydroxylation sites is 1. The third-order valence-corrected chi connectivity index (χ3v) is 4.49. The van der Waals surface area contributed by atoms with E-state index in [1.165, 1.54) is 0 Å². The van der Waals surface area contributed by atoms with Crippen LogP contribution >= 0.6 is 11.6 Å². The van der Waals surface area contributed by atoms with Crippen molar-refractivity contribution in [2.24, 2.45) is 5.41 Å². The molecular weight excluding hydrogens is 260 g/mol. The predicted molar refractivity (Wildman–Crippen MR) is 79.6 cm³/mol. The summed E-state index contributed by atoms with van der Waals surface area (Å²) >= 11 is 6.17. The molecule has 1 aromatic carbocycles. The molecule has 0 aromatic heterocycles. The highest BCUT2D eigenvalue weighted by Crippen LogP contribution is 2.35. The molecule has 1 fully saturated rings. The molecule has 0 radical (unpaired) electrons. The minimum Gasteiger partial charge on any atom is -0.324 e. The van der Waals surface area contributed by atoms with Crippen LogP contribution in [-0.2, 0) is 4.79 Å². The highest BCUT2D eigenvalue weighted by Gasteiger charge is 2.37. The molecule has 2 rings (SSSR count). The SMILES string of the molecule is CCC1(C(=O)Nc2c(C)cccc2Cl)CCNCC1. The van der Waals surface area contributed by atoms with E-state index in [0.717, 1.165) is 43.6 Å². The predicted octanol–water partition coefficient (Wildman–Crippen LogP) is 3.37. The van der Waals surface area contributed by atoms with Gasteiger partial charge in [-0.2, -0.15) is 0 Å². The van der Waals surface area contributed by atoms with Gasteiger partial charge >= 0.3 is 0 Å². The zero-order chi connectivity index (χ0) is 13.9. The average Bonchev–Trinajstić information content (AvgIpc) is 2.43. The lowest BCUT2D eigenvalue weighted by Gasteiger charge is -2.35. The number of halogens is 1. The molecule has 0 spiro atoms. The first kappa shape index (κ1) is 14.4. The van der Waals surface area contributed by atoms with E-state index in [4.69, 9.17) is 11.6 Å². The van der Waals surface area contributed by atoms with Crippen LogP contribution in [-0.4, -0.2) is 19.0 Å². The van der Waals surface area contributed by atoms with Gasteiger partial charge in [0.05, 0.1) is 16.1 Å². The van der Waals surface area contributed by atoms with Crippen molar-refractivity contribution in [1.82, 2.24) is 5.32 Å². The molecule has 0 aliphatic carbocycles. The van der Waals surface area contributed by atoms with Crippen LogP contribution in [0.15, 0.2) is 18.2 Å². The zero-order valence-corrected chi connectivity index (χ0v) is 12.3. The molecule has 1 aliphatic heterocycles. The van der Waals surface area contributed by atoms with Gasteiger partial charge in [-0.25, -0.2) is 0 Å². The monoisotopic (exact) mass is 280 g/mol. The number of hydrogen-bond acceptors (Lipinski definition) is 2. The topological polar surface area (TPSA) is 41.1 Å². The third kappa shape index (κ3) is 2.93. The van der Waals surface area contributed by atoms with Crippen LogP contribution in [0.4, 0.5) is 5.69 Å². The summed E-state index contributed by atoms with van der Waals surface area (Å²) < 4.78 is 0. The van der Waals surface area contributed by atoms with Crippen molar-refractivity contribution in [3.05, 3.63) is 28.8 Å². The van der Waals surface area contributed by atoms with Crippen molar-refractivity contribution >= 4 is 23.2 Å². The summed E-state index contributed by atoms with van der Waals surface area (Å²) in [5, 5.41) is 6.96. The maximum atomic E-state index is 12.6. The normalized spacial score (nSPS) is 18.1. The van der Waals surface area contributed by atoms with Crippen LogP contribution in [0.3, 0.4) is 0 Å². The van der Waals surface area contributed by atoms with Crippen LogP contribution in [0.5, 0.6) is 0 Å². The van der Waals surface area contributed by atoms with Gasteiger partial charge in [0.25, 0.3) is 0 Å². The smallest absolute Gasteiger partial charge is 0.230 e. The number of aryl methyl sites for hydroxylation is 1. The van der Waals surface area contributed by atoms with E-state index >= 15 is 0 Å². The third-order valence-electron chi connectivity index (χ3n) is 4.18. The van der Waals surface area contributed by atoms with Gasteiger partial charge in [0.15, 0.2) is 0 Å². The molecule has 1 aromatic rings. The molecule has 1 saturated heterocycles. The summed E-state index contributed by atoms with van der Waals surface area (Å²) in [5.74, 6) is 0.104. The lowest BCUT2D eigenvalue weighted by molar-refractivity contribution is -0.127. The van der Waals surface area contributed by atoms with E-state index in [1.807, 2.05) is 25.1 Å². The number of amides is 1. The molecule has 1 heterocycles. The Morgan fingerprint density at radius 2 is 2.11 bits per heavy atom. The second-order valence-corrected chi connectivity index (χ2v) is 5.68. The Balaban J connectivity index is 2.20. The summed E-state index contributed by atoms with van der Waals surface area (Å²) in [7, 11) is 0. The highest BCUT2D eigenvalue weighted by molar-refractivity contribution is 6.34. The molecule has 1 amide bonds. The molecule has 0 saturated carbocycles. The van der Waals surface area contributed by atoms with Crippen molar-refractivity contribution in [2.45, 2.75) is 33.1 Å². The van der Waals surface area contributed by atoms with Gasteiger partial charge in [-0.1, -0.05) is 30.7 Å². The Kier molecular flexibility index (Phi) is 4.48. The van der Waals surface area contributed by atoms with Gasteiger partial charge in [-0.05, 0) is 50.9 Å². The van der Waals surface area contributed by atoms with Crippen LogP contribution in [0.25, 0.3) is 0 Å². The van der Waals surface area contributed by atoms with Crippen molar-refractivity contribution in [3.8, 4) is 0 Å². The van der Waals surface area contributed by atoms with Crippen molar-refractivity contribution < 1.29 is 4.79 Å². The second-order valence-electron chi connectivity index (χ2n) is 5.27. The fourth-order valence-electron chi connectivity index (χ4n) is 2.68. The number of benzene rings is 1. The largest absolute Gasteiger partial charge is 0.324 e. The van der Waals surface area contributed by atoms with Crippen LogP contribution in [0, 0.1) is 12.3 Å². The first-order valence-corrected chi connectivity index (χ1v) is 7.24. The van der Waals surface area contributed by atoms with Crippen LogP contribution in [0.1, 0.15) is 31.7 Å². The standard InChI is InChI=1S/C15H21ClN2O/c1-3-15(7-9-17-10-8-15)14(19)18-13-11(2)5-4-6-12(13)16/h4-6,17H,3,7-10H2,1-2H3,(H,18,19). The Hall–Kier alpha value is -1.06. The van der Waals surface area contributed by atoms with Gasteiger partial charge in [0.1, 0.15) is 0 Å². The van der Waals surface area contributed by atoms with E-state index in [1.54, 1.807) is 0 Å². The maximum absolute atomic E-state index is 12.6. The summed E-state index contributed by atoms with van der Waals surface area (Å²) in [6.07, 6.45) is 2.64. The lowest BCUT2D eigenvalue weighted by atomic mass is 9.76. The molecule has 0 unspecified atom stereocenters. The molecule has 104 valence electrons. The molecule has 0 atom stereocenters. The van der Waals surface area contributed by atoms with E-state index in [9.17, 15) is 4.79 Å². The molecule has 4 heteroatoms. The van der Waals surface area contributed by atoms with E-state index < -0.39 is 0 Å². The number of carbonyl (C=O) groups excluding carboxylic acids is 1. The number of piperidine rings is 1. The van der Waals surface area contributed by atoms with Crippen molar-refractivity contribution in [2.75, 3.05) is 18.4 Å². The molecule has 19 heavy (non-hydrogen) atoms. The molecular formula is C15H21ClN2O. The van der Waals surface area contributed by atoms with Crippen molar-refractivity contribution in [3.63, 3.8) is 0 Å². The van der Waals surface area contributed by atoms with Gasteiger partial charge in [0.2, 0.25) is 5.91 Å². The number of anilines is 1.